The lowest BCUT2D eigenvalue weighted by Crippen LogP contribution is -2.11. The number of amides is 1. The van der Waals surface area contributed by atoms with Crippen molar-refractivity contribution in [3.8, 4) is 27.9 Å². The number of nitrogens with one attached hydrogen (secondary N) is 1. The maximum Gasteiger partial charge on any atom is 0.255 e. The Morgan fingerprint density at radius 3 is 2.28 bits per heavy atom. The summed E-state index contributed by atoms with van der Waals surface area (Å²) < 4.78 is 7.61. The van der Waals surface area contributed by atoms with Gasteiger partial charge in [-0.25, -0.2) is 0 Å². The molecule has 0 aliphatic heterocycles. The fraction of sp³-hybridized carbons (Fsp3) is 0. The van der Waals surface area contributed by atoms with E-state index in [0.717, 1.165) is 5.56 Å². The third kappa shape index (κ3) is 4.43. The van der Waals surface area contributed by atoms with Crippen molar-refractivity contribution in [1.29, 1.82) is 0 Å². The van der Waals surface area contributed by atoms with E-state index in [9.17, 15) is 4.79 Å². The zero-order valence-electron chi connectivity index (χ0n) is 16.9. The average Bonchev–Trinajstić information content (AvgIpc) is 3.56. The second-order valence-electron chi connectivity index (χ2n) is 6.96. The smallest absolute Gasteiger partial charge is 0.255 e. The van der Waals surface area contributed by atoms with E-state index < -0.39 is 0 Å². The molecule has 5 rings (SSSR count). The Morgan fingerprint density at radius 2 is 1.62 bits per heavy atom. The van der Waals surface area contributed by atoms with Crippen molar-refractivity contribution < 1.29 is 9.53 Å². The summed E-state index contributed by atoms with van der Waals surface area (Å²) in [6.45, 7) is 0. The first kappa shape index (κ1) is 19.7. The molecule has 0 fully saturated rings. The fourth-order valence-electron chi connectivity index (χ4n) is 3.15. The van der Waals surface area contributed by atoms with Gasteiger partial charge in [0, 0.05) is 34.6 Å². The van der Waals surface area contributed by atoms with E-state index in [1.807, 2.05) is 70.9 Å². The number of carbonyl (C=O) groups is 1. The van der Waals surface area contributed by atoms with Crippen molar-refractivity contribution in [2.45, 2.75) is 0 Å². The fourth-order valence-corrected chi connectivity index (χ4v) is 3.88. The third-order valence-electron chi connectivity index (χ3n) is 4.78. The Labute approximate surface area is 188 Å². The van der Waals surface area contributed by atoms with Gasteiger partial charge in [-0.05, 0) is 71.6 Å². The highest BCUT2D eigenvalue weighted by Crippen LogP contribution is 2.25. The summed E-state index contributed by atoms with van der Waals surface area (Å²) in [7, 11) is 0. The van der Waals surface area contributed by atoms with Crippen molar-refractivity contribution in [2.24, 2.45) is 0 Å². The Morgan fingerprint density at radius 1 is 0.844 bits per heavy atom. The van der Waals surface area contributed by atoms with E-state index in [1.54, 1.807) is 41.7 Å². The van der Waals surface area contributed by atoms with Crippen LogP contribution in [0.5, 0.6) is 11.6 Å². The summed E-state index contributed by atoms with van der Waals surface area (Å²) in [6, 6.07) is 26.2. The third-order valence-corrected chi connectivity index (χ3v) is 5.70. The molecule has 32 heavy (non-hydrogen) atoms. The zero-order valence-corrected chi connectivity index (χ0v) is 17.7. The van der Waals surface area contributed by atoms with E-state index in [0.29, 0.717) is 28.7 Å². The lowest BCUT2D eigenvalue weighted by atomic mass is 10.1. The molecule has 3 aromatic heterocycles. The molecule has 0 atom stereocenters. The summed E-state index contributed by atoms with van der Waals surface area (Å²) in [5.41, 5.74) is 2.38. The Bertz CT molecular complexity index is 1300. The highest BCUT2D eigenvalue weighted by atomic mass is 32.1. The number of carbonyl (C=O) groups excluding carboxylic acids is 1. The van der Waals surface area contributed by atoms with Crippen LogP contribution >= 0.6 is 11.3 Å². The highest BCUT2D eigenvalue weighted by Gasteiger charge is 2.08. The molecule has 0 radical (unpaired) electrons. The molecule has 0 aliphatic rings. The van der Waals surface area contributed by atoms with Gasteiger partial charge >= 0.3 is 0 Å². The molecule has 6 nitrogen and oxygen atoms in total. The van der Waals surface area contributed by atoms with Crippen molar-refractivity contribution in [3.05, 3.63) is 108 Å². The lowest BCUT2D eigenvalue weighted by molar-refractivity contribution is 0.102. The molecule has 0 unspecified atom stereocenters. The maximum atomic E-state index is 12.6. The van der Waals surface area contributed by atoms with Crippen molar-refractivity contribution in [3.63, 3.8) is 0 Å². The van der Waals surface area contributed by atoms with E-state index in [-0.39, 0.29) is 5.91 Å². The van der Waals surface area contributed by atoms with Crippen LogP contribution in [0.4, 0.5) is 5.69 Å². The van der Waals surface area contributed by atoms with Crippen molar-refractivity contribution in [2.75, 3.05) is 5.32 Å². The molecule has 1 N–H and O–H groups in total. The minimum atomic E-state index is -0.164. The molecule has 5 aromatic rings. The standard InChI is InChI=1S/C25H18N4O2S/c30-25(19-7-5-18(6-8-19)22-4-3-17-32-22)26-20-9-11-21(12-10-20)31-24-14-13-23(27-28-24)29-15-1-2-16-29/h1-17H,(H,26,30). The first-order chi connectivity index (χ1) is 15.7. The van der Waals surface area contributed by atoms with Gasteiger partial charge in [-0.3, -0.25) is 4.79 Å². The summed E-state index contributed by atoms with van der Waals surface area (Å²) in [5.74, 6) is 1.54. The highest BCUT2D eigenvalue weighted by molar-refractivity contribution is 7.13. The number of ether oxygens (including phenoxy) is 1. The van der Waals surface area contributed by atoms with Gasteiger partial charge in [0.2, 0.25) is 5.88 Å². The molecule has 3 heterocycles. The number of aromatic nitrogens is 3. The quantitative estimate of drug-likeness (QED) is 0.351. The van der Waals surface area contributed by atoms with Gasteiger partial charge in [0.05, 0.1) is 0 Å². The van der Waals surface area contributed by atoms with E-state index >= 15 is 0 Å². The number of benzene rings is 2. The van der Waals surface area contributed by atoms with Crippen LogP contribution in [-0.4, -0.2) is 20.7 Å². The summed E-state index contributed by atoms with van der Waals surface area (Å²) in [6.07, 6.45) is 3.80. The Balaban J connectivity index is 1.20. The van der Waals surface area contributed by atoms with Gasteiger partial charge in [0.25, 0.3) is 5.91 Å². The minimum Gasteiger partial charge on any atom is -0.438 e. The number of nitrogens with zero attached hydrogens (tertiary/aromatic N) is 3. The van der Waals surface area contributed by atoms with Crippen LogP contribution in [-0.2, 0) is 0 Å². The molecule has 2 aromatic carbocycles. The van der Waals surface area contributed by atoms with Crippen LogP contribution in [0.1, 0.15) is 10.4 Å². The zero-order chi connectivity index (χ0) is 21.8. The first-order valence-electron chi connectivity index (χ1n) is 9.95. The monoisotopic (exact) mass is 438 g/mol. The van der Waals surface area contributed by atoms with Crippen LogP contribution in [0.2, 0.25) is 0 Å². The van der Waals surface area contributed by atoms with Gasteiger partial charge in [-0.2, -0.15) is 0 Å². The van der Waals surface area contributed by atoms with E-state index in [1.165, 1.54) is 4.88 Å². The second-order valence-corrected chi connectivity index (χ2v) is 7.90. The van der Waals surface area contributed by atoms with Gasteiger partial charge in [0.15, 0.2) is 5.82 Å². The van der Waals surface area contributed by atoms with Crippen LogP contribution in [0.3, 0.4) is 0 Å². The van der Waals surface area contributed by atoms with Gasteiger partial charge < -0.3 is 14.6 Å². The molecule has 0 bridgehead atoms. The molecule has 0 saturated carbocycles. The van der Waals surface area contributed by atoms with Crippen molar-refractivity contribution >= 4 is 22.9 Å². The number of anilines is 1. The molecule has 156 valence electrons. The summed E-state index contributed by atoms with van der Waals surface area (Å²) in [5, 5.41) is 13.2. The Hall–Kier alpha value is -4.23. The molecular weight excluding hydrogens is 420 g/mol. The summed E-state index contributed by atoms with van der Waals surface area (Å²) >= 11 is 1.67. The van der Waals surface area contributed by atoms with Gasteiger partial charge in [0.1, 0.15) is 5.75 Å². The predicted molar refractivity (Wildman–Crippen MR) is 126 cm³/mol. The molecule has 0 spiro atoms. The van der Waals surface area contributed by atoms with Crippen LogP contribution in [0.25, 0.3) is 16.3 Å². The van der Waals surface area contributed by atoms with Crippen LogP contribution in [0.15, 0.2) is 103 Å². The molecule has 0 saturated heterocycles. The van der Waals surface area contributed by atoms with Gasteiger partial charge in [-0.15, -0.1) is 21.5 Å². The van der Waals surface area contributed by atoms with E-state index in [2.05, 4.69) is 21.6 Å². The molecule has 7 heteroatoms. The number of hydrogen-bond donors (Lipinski definition) is 1. The van der Waals surface area contributed by atoms with Crippen LogP contribution < -0.4 is 10.1 Å². The summed E-state index contributed by atoms with van der Waals surface area (Å²) in [4.78, 5) is 13.7. The van der Waals surface area contributed by atoms with Gasteiger partial charge in [-0.1, -0.05) is 18.2 Å². The molecule has 1 amide bonds. The minimum absolute atomic E-state index is 0.164. The maximum absolute atomic E-state index is 12.6. The predicted octanol–water partition coefficient (Wildman–Crippen LogP) is 6.04. The first-order valence-corrected chi connectivity index (χ1v) is 10.8. The Kier molecular flexibility index (Phi) is 5.47. The van der Waals surface area contributed by atoms with E-state index in [4.69, 9.17) is 4.74 Å². The number of hydrogen-bond acceptors (Lipinski definition) is 5. The number of rotatable bonds is 6. The molecular formula is C25H18N4O2S. The SMILES string of the molecule is O=C(Nc1ccc(Oc2ccc(-n3cccc3)nn2)cc1)c1ccc(-c2cccs2)cc1. The average molecular weight is 439 g/mol. The second kappa shape index (κ2) is 8.87. The van der Waals surface area contributed by atoms with Crippen LogP contribution in [0, 0.1) is 0 Å². The van der Waals surface area contributed by atoms with Crippen molar-refractivity contribution in [1.82, 2.24) is 14.8 Å². The molecule has 0 aliphatic carbocycles. The topological polar surface area (TPSA) is 69.0 Å². The lowest BCUT2D eigenvalue weighted by Gasteiger charge is -2.08. The number of thiophene rings is 1. The largest absolute Gasteiger partial charge is 0.438 e. The normalized spacial score (nSPS) is 10.6.